The van der Waals surface area contributed by atoms with Crippen LogP contribution in [0.15, 0.2) is 84.9 Å². The summed E-state index contributed by atoms with van der Waals surface area (Å²) in [6.45, 7) is 0. The normalized spacial score (nSPS) is 15.0. The van der Waals surface area contributed by atoms with E-state index in [0.717, 1.165) is 12.1 Å². The van der Waals surface area contributed by atoms with Crippen molar-refractivity contribution >= 4 is 0 Å². The van der Waals surface area contributed by atoms with Crippen molar-refractivity contribution in [3.8, 4) is 44.5 Å². The van der Waals surface area contributed by atoms with Crippen molar-refractivity contribution in [2.24, 2.45) is 0 Å². The highest BCUT2D eigenvalue weighted by molar-refractivity contribution is 5.93. The number of halogens is 18. The first kappa shape index (κ1) is 43.7. The molecule has 0 amide bonds. The van der Waals surface area contributed by atoms with E-state index in [1.807, 2.05) is 0 Å². The van der Waals surface area contributed by atoms with Gasteiger partial charge in [0.2, 0.25) is 0 Å². The van der Waals surface area contributed by atoms with Gasteiger partial charge in [0.1, 0.15) is 0 Å². The van der Waals surface area contributed by atoms with Gasteiger partial charge in [0.05, 0.1) is 22.3 Å². The van der Waals surface area contributed by atoms with Gasteiger partial charge in [0.25, 0.3) is 0 Å². The summed E-state index contributed by atoms with van der Waals surface area (Å²) in [7, 11) is 0. The van der Waals surface area contributed by atoms with Gasteiger partial charge in [-0.2, -0.15) is 52.7 Å². The highest BCUT2D eigenvalue weighted by Gasteiger charge is 2.50. The van der Waals surface area contributed by atoms with Crippen molar-refractivity contribution in [2.45, 2.75) is 55.8 Å². The first-order valence-corrected chi connectivity index (χ1v) is 18.4. The molecule has 0 aromatic heterocycles. The average Bonchev–Trinajstić information content (AvgIpc) is 3.76. The molecule has 2 aliphatic rings. The molecule has 0 heterocycles. The number of fused-ring (bicyclic) bond motifs is 4. The van der Waals surface area contributed by atoms with Gasteiger partial charge in [-0.15, -0.1) is 0 Å². The number of rotatable bonds is 4. The van der Waals surface area contributed by atoms with Crippen LogP contribution < -0.4 is 0 Å². The molecule has 18 heteroatoms. The number of aryl methyl sites for hydroxylation is 2. The zero-order chi connectivity index (χ0) is 45.9. The largest absolute Gasteiger partial charge is 0.416 e. The standard InChI is InChI=1S/C45H22F18/c46-31-13-21(14-32(47)39(31)50)29-3-1-19-5-7-41(37(19)35(29)23-9-25(42(52,53)54)17-26(10-23)43(55,56)57)8-6-20-2-4-30(22-15-33(48)40(51)34(49)16-22)36(38(20)41)24-11-27(44(58,59)60)18-28(12-24)45(61,62)63/h1-4,9-18H,5-8H2. The quantitative estimate of drug-likeness (QED) is 0.122. The van der Waals surface area contributed by atoms with Crippen LogP contribution in [0.4, 0.5) is 79.0 Å². The van der Waals surface area contributed by atoms with Crippen LogP contribution >= 0.6 is 0 Å². The molecule has 6 aromatic carbocycles. The van der Waals surface area contributed by atoms with Gasteiger partial charge in [-0.25, -0.2) is 26.3 Å². The molecule has 0 saturated carbocycles. The second-order valence-electron chi connectivity index (χ2n) is 15.2. The third-order valence-electron chi connectivity index (χ3n) is 11.5. The number of alkyl halides is 12. The molecule has 0 nitrogen and oxygen atoms in total. The average molecular weight is 905 g/mol. The Morgan fingerprint density at radius 3 is 0.905 bits per heavy atom. The first-order chi connectivity index (χ1) is 29.2. The highest BCUT2D eigenvalue weighted by atomic mass is 19.4. The molecule has 0 unspecified atom stereocenters. The minimum absolute atomic E-state index is 0.0981. The zero-order valence-corrected chi connectivity index (χ0v) is 31.2. The van der Waals surface area contributed by atoms with Crippen LogP contribution in [-0.4, -0.2) is 0 Å². The molecule has 0 radical (unpaired) electrons. The van der Waals surface area contributed by atoms with Gasteiger partial charge >= 0.3 is 24.7 Å². The Morgan fingerprint density at radius 2 is 0.635 bits per heavy atom. The summed E-state index contributed by atoms with van der Waals surface area (Å²) >= 11 is 0. The predicted octanol–water partition coefficient (Wildman–Crippen LogP) is 15.4. The second-order valence-corrected chi connectivity index (χ2v) is 15.2. The van der Waals surface area contributed by atoms with E-state index in [4.69, 9.17) is 0 Å². The fourth-order valence-corrected chi connectivity index (χ4v) is 8.95. The molecule has 0 fully saturated rings. The van der Waals surface area contributed by atoms with Crippen LogP contribution in [0, 0.1) is 34.9 Å². The lowest BCUT2D eigenvalue weighted by Gasteiger charge is -2.33. The molecule has 0 N–H and O–H groups in total. The minimum atomic E-state index is -5.44. The third kappa shape index (κ3) is 7.47. The van der Waals surface area contributed by atoms with Crippen molar-refractivity contribution in [1.29, 1.82) is 0 Å². The van der Waals surface area contributed by atoms with Crippen LogP contribution in [0.25, 0.3) is 44.5 Å². The van der Waals surface area contributed by atoms with E-state index in [9.17, 15) is 79.0 Å². The lowest BCUT2D eigenvalue weighted by molar-refractivity contribution is -0.144. The summed E-state index contributed by atoms with van der Waals surface area (Å²) < 4.78 is 261. The van der Waals surface area contributed by atoms with Crippen molar-refractivity contribution < 1.29 is 79.0 Å². The Bertz CT molecular complexity index is 2550. The number of hydrogen-bond donors (Lipinski definition) is 0. The van der Waals surface area contributed by atoms with Gasteiger partial charge in [-0.05, 0) is 153 Å². The van der Waals surface area contributed by atoms with Gasteiger partial charge < -0.3 is 0 Å². The summed E-state index contributed by atoms with van der Waals surface area (Å²) in [4.78, 5) is 0. The molecular weight excluding hydrogens is 882 g/mol. The predicted molar refractivity (Wildman–Crippen MR) is 192 cm³/mol. The molecule has 0 bridgehead atoms. The van der Waals surface area contributed by atoms with Gasteiger partial charge in [-0.1, -0.05) is 24.3 Å². The van der Waals surface area contributed by atoms with Crippen molar-refractivity contribution in [1.82, 2.24) is 0 Å². The number of hydrogen-bond acceptors (Lipinski definition) is 0. The molecular formula is C45H22F18. The summed E-state index contributed by atoms with van der Waals surface area (Å²) in [5.41, 5.74) is -13.9. The van der Waals surface area contributed by atoms with Crippen LogP contribution in [0.3, 0.4) is 0 Å². The van der Waals surface area contributed by atoms with Gasteiger partial charge in [0, 0.05) is 5.41 Å². The molecule has 8 rings (SSSR count). The maximum atomic E-state index is 14.9. The molecule has 63 heavy (non-hydrogen) atoms. The van der Waals surface area contributed by atoms with E-state index in [1.54, 1.807) is 0 Å². The van der Waals surface area contributed by atoms with E-state index < -0.39 is 132 Å². The maximum Gasteiger partial charge on any atom is 0.416 e. The highest BCUT2D eigenvalue weighted by Crippen LogP contribution is 2.61. The third-order valence-corrected chi connectivity index (χ3v) is 11.5. The summed E-state index contributed by atoms with van der Waals surface area (Å²) in [5.74, 6) is -11.2. The fraction of sp³-hybridized carbons (Fsp3) is 0.200. The first-order valence-electron chi connectivity index (χ1n) is 18.4. The van der Waals surface area contributed by atoms with Gasteiger partial charge in [0.15, 0.2) is 34.9 Å². The van der Waals surface area contributed by atoms with E-state index in [0.29, 0.717) is 48.5 Å². The maximum absolute atomic E-state index is 14.9. The molecule has 0 aliphatic heterocycles. The van der Waals surface area contributed by atoms with E-state index >= 15 is 0 Å². The lowest BCUT2D eigenvalue weighted by atomic mass is 9.69. The molecule has 1 spiro atoms. The van der Waals surface area contributed by atoms with Crippen LogP contribution in [-0.2, 0) is 43.0 Å². The molecule has 0 saturated heterocycles. The molecule has 6 aromatic rings. The summed E-state index contributed by atoms with van der Waals surface area (Å²) in [6, 6.07) is 7.39. The van der Waals surface area contributed by atoms with E-state index in [-0.39, 0.29) is 60.1 Å². The van der Waals surface area contributed by atoms with Gasteiger partial charge in [-0.3, -0.25) is 0 Å². The Labute approximate surface area is 343 Å². The summed E-state index contributed by atoms with van der Waals surface area (Å²) in [6.07, 6.45) is -22.3. The van der Waals surface area contributed by atoms with Crippen LogP contribution in [0.1, 0.15) is 57.3 Å². The lowest BCUT2D eigenvalue weighted by Crippen LogP contribution is -2.24. The molecule has 0 atom stereocenters. The van der Waals surface area contributed by atoms with Crippen LogP contribution in [0.2, 0.25) is 0 Å². The van der Waals surface area contributed by atoms with Crippen LogP contribution in [0.5, 0.6) is 0 Å². The summed E-state index contributed by atoms with van der Waals surface area (Å²) in [5, 5.41) is 0. The molecule has 328 valence electrons. The minimum Gasteiger partial charge on any atom is -0.204 e. The van der Waals surface area contributed by atoms with E-state index in [1.165, 1.54) is 12.1 Å². The van der Waals surface area contributed by atoms with Crippen molar-refractivity contribution in [3.05, 3.63) is 164 Å². The van der Waals surface area contributed by atoms with Crippen molar-refractivity contribution in [3.63, 3.8) is 0 Å². The Morgan fingerprint density at radius 1 is 0.349 bits per heavy atom. The topological polar surface area (TPSA) is 0 Å². The van der Waals surface area contributed by atoms with Crippen molar-refractivity contribution in [2.75, 3.05) is 0 Å². The monoisotopic (exact) mass is 904 g/mol. The SMILES string of the molecule is Fc1cc(-c2ccc3c(c2-c2cc(C(F)(F)F)cc(C(F)(F)F)c2)C2(CC3)CCc3ccc(-c4cc(F)c(F)c(F)c4)c(-c4cc(C(F)(F)F)cc(C(F)(F)F)c4)c32)cc(F)c1F. The second kappa shape index (κ2) is 14.6. The zero-order valence-electron chi connectivity index (χ0n) is 31.2. The fourth-order valence-electron chi connectivity index (χ4n) is 8.95. The Hall–Kier alpha value is -5.94. The van der Waals surface area contributed by atoms with E-state index in [2.05, 4.69) is 0 Å². The Kier molecular flexibility index (Phi) is 10.1. The number of benzene rings is 6. The smallest absolute Gasteiger partial charge is 0.204 e. The molecule has 2 aliphatic carbocycles. The Balaban J connectivity index is 1.55.